The summed E-state index contributed by atoms with van der Waals surface area (Å²) in [6, 6.07) is 4.82. The number of aryl methyl sites for hydroxylation is 1. The van der Waals surface area contributed by atoms with Crippen LogP contribution in [0.15, 0.2) is 30.7 Å². The van der Waals surface area contributed by atoms with E-state index in [0.29, 0.717) is 0 Å². The number of imidazole rings is 1. The number of aromatic nitrogens is 2. The van der Waals surface area contributed by atoms with Crippen molar-refractivity contribution < 1.29 is 4.39 Å². The summed E-state index contributed by atoms with van der Waals surface area (Å²) in [5.41, 5.74) is 1.99. The predicted molar refractivity (Wildman–Crippen MR) is 77.9 cm³/mol. The number of rotatable bonds is 4. The molecule has 96 valence electrons. The molecule has 0 aliphatic heterocycles. The van der Waals surface area contributed by atoms with E-state index in [0.717, 1.165) is 21.4 Å². The summed E-state index contributed by atoms with van der Waals surface area (Å²) in [5, 5.41) is 3.23. The number of benzene rings is 1. The average molecular weight is 359 g/mol. The van der Waals surface area contributed by atoms with Crippen LogP contribution < -0.4 is 5.32 Å². The predicted octanol–water partition coefficient (Wildman–Crippen LogP) is 2.96. The van der Waals surface area contributed by atoms with E-state index in [2.05, 4.69) is 39.8 Å². The van der Waals surface area contributed by atoms with Gasteiger partial charge >= 0.3 is 0 Å². The molecule has 0 bridgehead atoms. The van der Waals surface area contributed by atoms with Crippen LogP contribution in [0.25, 0.3) is 0 Å². The van der Waals surface area contributed by atoms with Crippen LogP contribution in [0, 0.1) is 9.39 Å². The SMILES string of the molecule is CCn1cnc(C(NC)c2ccc(F)cc2I)c1. The minimum absolute atomic E-state index is 0.00898. The third kappa shape index (κ3) is 2.72. The summed E-state index contributed by atoms with van der Waals surface area (Å²) < 4.78 is 16.1. The molecule has 18 heavy (non-hydrogen) atoms. The van der Waals surface area contributed by atoms with Gasteiger partial charge in [-0.1, -0.05) is 6.07 Å². The maximum Gasteiger partial charge on any atom is 0.124 e. The van der Waals surface area contributed by atoms with Gasteiger partial charge in [0.25, 0.3) is 0 Å². The van der Waals surface area contributed by atoms with Crippen molar-refractivity contribution >= 4 is 22.6 Å². The third-order valence-corrected chi connectivity index (χ3v) is 3.81. The Morgan fingerprint density at radius 2 is 2.28 bits per heavy atom. The lowest BCUT2D eigenvalue weighted by molar-refractivity contribution is 0.620. The lowest BCUT2D eigenvalue weighted by Crippen LogP contribution is -2.19. The summed E-state index contributed by atoms with van der Waals surface area (Å²) >= 11 is 2.15. The van der Waals surface area contributed by atoms with Gasteiger partial charge in [-0.05, 0) is 54.3 Å². The Labute approximate surface area is 120 Å². The number of hydrogen-bond donors (Lipinski definition) is 1. The Bertz CT molecular complexity index is 539. The van der Waals surface area contributed by atoms with Gasteiger partial charge in [0, 0.05) is 16.3 Å². The minimum atomic E-state index is -0.211. The van der Waals surface area contributed by atoms with Crippen LogP contribution in [0.5, 0.6) is 0 Å². The first-order valence-electron chi connectivity index (χ1n) is 5.79. The molecular formula is C13H15FIN3. The molecule has 0 saturated carbocycles. The number of hydrogen-bond acceptors (Lipinski definition) is 2. The van der Waals surface area contributed by atoms with E-state index in [-0.39, 0.29) is 11.9 Å². The van der Waals surface area contributed by atoms with Crippen molar-refractivity contribution in [3.63, 3.8) is 0 Å². The Kier molecular flexibility index (Phi) is 4.34. The van der Waals surface area contributed by atoms with Gasteiger partial charge < -0.3 is 9.88 Å². The van der Waals surface area contributed by atoms with Crippen LogP contribution in [-0.4, -0.2) is 16.6 Å². The first-order valence-corrected chi connectivity index (χ1v) is 6.87. The van der Waals surface area contributed by atoms with E-state index < -0.39 is 0 Å². The van der Waals surface area contributed by atoms with Crippen molar-refractivity contribution in [1.29, 1.82) is 0 Å². The molecule has 0 spiro atoms. The highest BCUT2D eigenvalue weighted by molar-refractivity contribution is 14.1. The lowest BCUT2D eigenvalue weighted by atomic mass is 10.0. The molecule has 0 fully saturated rings. The van der Waals surface area contributed by atoms with Crippen molar-refractivity contribution in [3.8, 4) is 0 Å². The lowest BCUT2D eigenvalue weighted by Gasteiger charge is -2.16. The van der Waals surface area contributed by atoms with E-state index >= 15 is 0 Å². The monoisotopic (exact) mass is 359 g/mol. The third-order valence-electron chi connectivity index (χ3n) is 2.88. The van der Waals surface area contributed by atoms with Gasteiger partial charge in [0.15, 0.2) is 0 Å². The van der Waals surface area contributed by atoms with Gasteiger partial charge in [-0.2, -0.15) is 0 Å². The van der Waals surface area contributed by atoms with Gasteiger partial charge in [0.05, 0.1) is 18.1 Å². The zero-order valence-corrected chi connectivity index (χ0v) is 12.5. The van der Waals surface area contributed by atoms with Crippen LogP contribution in [-0.2, 0) is 6.54 Å². The maximum absolute atomic E-state index is 13.1. The fraction of sp³-hybridized carbons (Fsp3) is 0.308. The van der Waals surface area contributed by atoms with Crippen molar-refractivity contribution in [2.75, 3.05) is 7.05 Å². The fourth-order valence-corrected chi connectivity index (χ4v) is 2.69. The Morgan fingerprint density at radius 3 is 2.83 bits per heavy atom. The maximum atomic E-state index is 13.1. The molecular weight excluding hydrogens is 344 g/mol. The van der Waals surface area contributed by atoms with Crippen LogP contribution in [0.3, 0.4) is 0 Å². The summed E-state index contributed by atoms with van der Waals surface area (Å²) in [6.45, 7) is 2.96. The molecule has 0 aliphatic carbocycles. The highest BCUT2D eigenvalue weighted by atomic mass is 127. The van der Waals surface area contributed by atoms with Gasteiger partial charge in [-0.3, -0.25) is 0 Å². The quantitative estimate of drug-likeness (QED) is 0.851. The summed E-state index contributed by atoms with van der Waals surface area (Å²) in [7, 11) is 1.88. The van der Waals surface area contributed by atoms with E-state index in [1.165, 1.54) is 12.1 Å². The summed E-state index contributed by atoms with van der Waals surface area (Å²) in [6.07, 6.45) is 3.83. The number of nitrogens with zero attached hydrogens (tertiary/aromatic N) is 2. The molecule has 1 unspecified atom stereocenters. The molecule has 0 amide bonds. The molecule has 5 heteroatoms. The second-order valence-corrected chi connectivity index (χ2v) is 5.18. The normalized spacial score (nSPS) is 12.7. The smallest absolute Gasteiger partial charge is 0.124 e. The number of nitrogens with one attached hydrogen (secondary N) is 1. The van der Waals surface area contributed by atoms with Gasteiger partial charge in [0.2, 0.25) is 0 Å². The minimum Gasteiger partial charge on any atom is -0.337 e. The highest BCUT2D eigenvalue weighted by Crippen LogP contribution is 2.25. The Balaban J connectivity index is 2.38. The summed E-state index contributed by atoms with van der Waals surface area (Å²) in [4.78, 5) is 4.40. The highest BCUT2D eigenvalue weighted by Gasteiger charge is 2.17. The van der Waals surface area contributed by atoms with Gasteiger partial charge in [-0.25, -0.2) is 9.37 Å². The Hall–Kier alpha value is -0.950. The zero-order valence-electron chi connectivity index (χ0n) is 10.3. The van der Waals surface area contributed by atoms with Crippen LogP contribution in [0.1, 0.15) is 24.2 Å². The molecule has 0 aliphatic rings. The molecule has 1 aromatic heterocycles. The molecule has 1 aromatic carbocycles. The van der Waals surface area contributed by atoms with Crippen molar-refractivity contribution in [2.24, 2.45) is 0 Å². The second kappa shape index (κ2) is 5.79. The topological polar surface area (TPSA) is 29.9 Å². The van der Waals surface area contributed by atoms with Crippen LogP contribution >= 0.6 is 22.6 Å². The molecule has 1 heterocycles. The molecule has 0 radical (unpaired) electrons. The molecule has 1 atom stereocenters. The number of halogens is 2. The first-order chi connectivity index (χ1) is 8.65. The first kappa shape index (κ1) is 13.5. The van der Waals surface area contributed by atoms with Crippen molar-refractivity contribution in [3.05, 3.63) is 51.4 Å². The molecule has 3 nitrogen and oxygen atoms in total. The fourth-order valence-electron chi connectivity index (χ4n) is 1.90. The summed E-state index contributed by atoms with van der Waals surface area (Å²) in [5.74, 6) is -0.211. The van der Waals surface area contributed by atoms with E-state index in [9.17, 15) is 4.39 Å². The average Bonchev–Trinajstić information content (AvgIpc) is 2.81. The van der Waals surface area contributed by atoms with E-state index in [1.54, 1.807) is 0 Å². The van der Waals surface area contributed by atoms with Crippen molar-refractivity contribution in [2.45, 2.75) is 19.5 Å². The van der Waals surface area contributed by atoms with E-state index in [4.69, 9.17) is 0 Å². The molecule has 2 aromatic rings. The largest absolute Gasteiger partial charge is 0.337 e. The van der Waals surface area contributed by atoms with Crippen molar-refractivity contribution in [1.82, 2.24) is 14.9 Å². The molecule has 0 saturated heterocycles. The van der Waals surface area contributed by atoms with E-state index in [1.807, 2.05) is 30.2 Å². The van der Waals surface area contributed by atoms with Gasteiger partial charge in [-0.15, -0.1) is 0 Å². The zero-order chi connectivity index (χ0) is 13.1. The van der Waals surface area contributed by atoms with Crippen LogP contribution in [0.4, 0.5) is 4.39 Å². The standard InChI is InChI=1S/C13H15FIN3/c1-3-18-7-12(17-8-18)13(16-2)10-5-4-9(14)6-11(10)15/h4-8,13,16H,3H2,1-2H3. The van der Waals surface area contributed by atoms with Crippen LogP contribution in [0.2, 0.25) is 0 Å². The Morgan fingerprint density at radius 1 is 1.50 bits per heavy atom. The molecule has 2 rings (SSSR count). The molecule has 1 N–H and O–H groups in total. The second-order valence-electron chi connectivity index (χ2n) is 4.02. The van der Waals surface area contributed by atoms with Gasteiger partial charge in [0.1, 0.15) is 5.82 Å².